The van der Waals surface area contributed by atoms with Gasteiger partial charge in [0.25, 0.3) is 6.43 Å². The highest BCUT2D eigenvalue weighted by atomic mass is 19.3. The summed E-state index contributed by atoms with van der Waals surface area (Å²) < 4.78 is 26.1. The first-order chi connectivity index (χ1) is 15.2. The first-order valence-electron chi connectivity index (χ1n) is 10.6. The summed E-state index contributed by atoms with van der Waals surface area (Å²) in [5, 5.41) is 6.29. The average Bonchev–Trinajstić information content (AvgIpc) is 2.72. The smallest absolute Gasteiger partial charge is 0.276 e. The summed E-state index contributed by atoms with van der Waals surface area (Å²) in [5.74, 6) is 0.647. The maximum atomic E-state index is 13.0. The van der Waals surface area contributed by atoms with E-state index in [0.29, 0.717) is 24.1 Å². The lowest BCUT2D eigenvalue weighted by Crippen LogP contribution is -2.44. The average molecular weight is 446 g/mol. The van der Waals surface area contributed by atoms with E-state index in [0.717, 1.165) is 41.7 Å². The van der Waals surface area contributed by atoms with Crippen molar-refractivity contribution in [1.29, 1.82) is 0 Å². The number of hydrogen-bond acceptors (Lipinski definition) is 7. The summed E-state index contributed by atoms with van der Waals surface area (Å²) in [6.45, 7) is 8.77. The molecule has 0 aliphatic carbocycles. The molecular formula is C23H33F2N7. The first-order valence-corrected chi connectivity index (χ1v) is 10.6. The van der Waals surface area contributed by atoms with Gasteiger partial charge in [-0.15, -0.1) is 0 Å². The molecule has 2 rings (SSSR count). The van der Waals surface area contributed by atoms with Crippen molar-refractivity contribution >= 4 is 23.3 Å². The molecule has 1 aromatic rings. The zero-order valence-electron chi connectivity index (χ0n) is 19.1. The Labute approximate surface area is 188 Å². The maximum Gasteiger partial charge on any atom is 0.276 e. The van der Waals surface area contributed by atoms with Crippen molar-refractivity contribution in [1.82, 2.24) is 10.3 Å². The third-order valence-corrected chi connectivity index (χ3v) is 5.27. The molecule has 0 amide bonds. The monoisotopic (exact) mass is 445 g/mol. The van der Waals surface area contributed by atoms with Crippen LogP contribution in [0.15, 0.2) is 51.6 Å². The van der Waals surface area contributed by atoms with E-state index in [2.05, 4.69) is 25.6 Å². The minimum absolute atomic E-state index is 0.192. The van der Waals surface area contributed by atoms with Gasteiger partial charge >= 0.3 is 0 Å². The minimum Gasteiger partial charge on any atom is -0.404 e. The molecular weight excluding hydrogens is 412 g/mol. The Kier molecular flexibility index (Phi) is 9.52. The lowest BCUT2D eigenvalue weighted by molar-refractivity contribution is 0.225. The van der Waals surface area contributed by atoms with Crippen LogP contribution in [-0.2, 0) is 0 Å². The second-order valence-electron chi connectivity index (χ2n) is 7.74. The zero-order valence-corrected chi connectivity index (χ0v) is 19.1. The number of nitrogens with two attached hydrogens (primary N) is 2. The normalized spacial score (nSPS) is 18.7. The third-order valence-electron chi connectivity index (χ3n) is 5.27. The Hall–Kier alpha value is -3.07. The van der Waals surface area contributed by atoms with Gasteiger partial charge in [-0.05, 0) is 51.8 Å². The number of hydrogen-bond donors (Lipinski definition) is 4. The number of aryl methyl sites for hydroxylation is 1. The van der Waals surface area contributed by atoms with Crippen LogP contribution in [0.4, 0.5) is 14.6 Å². The molecule has 1 aromatic heterocycles. The molecule has 0 saturated carbocycles. The van der Waals surface area contributed by atoms with E-state index < -0.39 is 6.43 Å². The molecule has 0 bridgehead atoms. The van der Waals surface area contributed by atoms with E-state index in [1.54, 1.807) is 24.6 Å². The van der Waals surface area contributed by atoms with Crippen molar-refractivity contribution in [2.24, 2.45) is 21.5 Å². The number of nitrogens with one attached hydrogen (secondary N) is 2. The number of aliphatic imine (C=N–C) groups is 2. The van der Waals surface area contributed by atoms with Crippen LogP contribution in [0.25, 0.3) is 5.57 Å². The van der Waals surface area contributed by atoms with Gasteiger partial charge in [0.2, 0.25) is 0 Å². The van der Waals surface area contributed by atoms with Gasteiger partial charge in [0.1, 0.15) is 11.6 Å². The molecule has 9 heteroatoms. The molecule has 174 valence electrons. The molecule has 1 aliphatic heterocycles. The van der Waals surface area contributed by atoms with Gasteiger partial charge in [-0.1, -0.05) is 12.5 Å². The number of halogens is 2. The van der Waals surface area contributed by atoms with Gasteiger partial charge in [0.05, 0.1) is 12.3 Å². The molecule has 0 aromatic carbocycles. The number of aromatic nitrogens is 1. The summed E-state index contributed by atoms with van der Waals surface area (Å²) in [6, 6.07) is 2.23. The summed E-state index contributed by atoms with van der Waals surface area (Å²) >= 11 is 0. The molecule has 6 N–H and O–H groups in total. The van der Waals surface area contributed by atoms with Gasteiger partial charge in [0.15, 0.2) is 0 Å². The zero-order chi connectivity index (χ0) is 23.7. The van der Waals surface area contributed by atoms with Crippen LogP contribution in [0.2, 0.25) is 0 Å². The number of alkyl halides is 2. The fourth-order valence-electron chi connectivity index (χ4n) is 2.85. The summed E-state index contributed by atoms with van der Waals surface area (Å²) in [4.78, 5) is 12.9. The molecule has 1 saturated heterocycles. The lowest BCUT2D eigenvalue weighted by atomic mass is 10.0. The number of nitrogens with zero attached hydrogens (tertiary/aromatic N) is 3. The van der Waals surface area contributed by atoms with E-state index in [4.69, 9.17) is 11.5 Å². The third kappa shape index (κ3) is 7.26. The minimum atomic E-state index is -2.67. The van der Waals surface area contributed by atoms with Crippen molar-refractivity contribution < 1.29 is 8.78 Å². The summed E-state index contributed by atoms with van der Waals surface area (Å²) in [5.41, 5.74) is 15.5. The van der Waals surface area contributed by atoms with Crippen molar-refractivity contribution in [3.63, 3.8) is 0 Å². The molecule has 2 heterocycles. The van der Waals surface area contributed by atoms with Crippen molar-refractivity contribution in [3.8, 4) is 0 Å². The van der Waals surface area contributed by atoms with Crippen molar-refractivity contribution in [3.05, 3.63) is 52.8 Å². The second-order valence-corrected chi connectivity index (χ2v) is 7.74. The van der Waals surface area contributed by atoms with Crippen LogP contribution in [0.1, 0.15) is 44.7 Å². The van der Waals surface area contributed by atoms with Crippen LogP contribution in [0.3, 0.4) is 0 Å². The van der Waals surface area contributed by atoms with Gasteiger partial charge in [0, 0.05) is 47.6 Å². The van der Waals surface area contributed by atoms with Crippen LogP contribution in [0, 0.1) is 6.92 Å². The predicted molar refractivity (Wildman–Crippen MR) is 129 cm³/mol. The predicted octanol–water partition coefficient (Wildman–Crippen LogP) is 3.74. The standard InChI is InChI=1S/C23H33F2N7/c1-5-14(2)20(27)9-22(31-16(4)23(24)25)32-21-8-15(3)19(13-30-21)17(10-26)11-28-12-18-6-7-29-18/h8-11,13,18,23,29H,5-7,12,26-27H2,1-4H3,(H,30,32)/b17-10+,20-14-,22-9+,28-11?,31-16+. The van der Waals surface area contributed by atoms with Crippen LogP contribution < -0.4 is 22.1 Å². The number of allylic oxidation sites excluding steroid dienone is 3. The largest absolute Gasteiger partial charge is 0.404 e. The Morgan fingerprint density at radius 1 is 1.41 bits per heavy atom. The highest BCUT2D eigenvalue weighted by Gasteiger charge is 2.15. The molecule has 1 fully saturated rings. The van der Waals surface area contributed by atoms with Crippen LogP contribution in [-0.4, -0.2) is 42.5 Å². The topological polar surface area (TPSA) is 114 Å². The Bertz CT molecular complexity index is 942. The quantitative estimate of drug-likeness (QED) is 0.324. The highest BCUT2D eigenvalue weighted by molar-refractivity contribution is 6.10. The van der Waals surface area contributed by atoms with E-state index in [1.807, 2.05) is 20.8 Å². The molecule has 1 unspecified atom stereocenters. The van der Waals surface area contributed by atoms with E-state index in [9.17, 15) is 8.78 Å². The van der Waals surface area contributed by atoms with E-state index in [1.165, 1.54) is 13.1 Å². The maximum absolute atomic E-state index is 13.0. The first kappa shape index (κ1) is 25.2. The molecule has 32 heavy (non-hydrogen) atoms. The van der Waals surface area contributed by atoms with Gasteiger partial charge < -0.3 is 22.1 Å². The Balaban J connectivity index is 2.26. The molecule has 1 atom stereocenters. The summed E-state index contributed by atoms with van der Waals surface area (Å²) in [7, 11) is 0. The number of anilines is 1. The Morgan fingerprint density at radius 2 is 2.12 bits per heavy atom. The highest BCUT2D eigenvalue weighted by Crippen LogP contribution is 2.20. The molecule has 1 aliphatic rings. The fraction of sp³-hybridized carbons (Fsp3) is 0.435. The van der Waals surface area contributed by atoms with Gasteiger partial charge in [-0.25, -0.2) is 18.8 Å². The summed E-state index contributed by atoms with van der Waals surface area (Å²) in [6.07, 6.45) is 5.66. The second kappa shape index (κ2) is 12.1. The van der Waals surface area contributed by atoms with Crippen LogP contribution >= 0.6 is 0 Å². The van der Waals surface area contributed by atoms with Crippen molar-refractivity contribution in [2.45, 2.75) is 53.0 Å². The molecule has 0 radical (unpaired) electrons. The molecule has 0 spiro atoms. The molecule has 7 nitrogen and oxygen atoms in total. The van der Waals surface area contributed by atoms with Gasteiger partial charge in [-0.3, -0.25) is 4.99 Å². The number of rotatable bonds is 10. The SMILES string of the molecule is CC/C(C)=C(N)/C=C(\N=C(/C)C(F)F)Nc1cc(C)c(/C(C=NCC2CCN2)=C/N)cn1. The lowest BCUT2D eigenvalue weighted by Gasteiger charge is -2.25. The van der Waals surface area contributed by atoms with E-state index in [-0.39, 0.29) is 11.5 Å². The van der Waals surface area contributed by atoms with E-state index >= 15 is 0 Å². The fourth-order valence-corrected chi connectivity index (χ4v) is 2.85. The van der Waals surface area contributed by atoms with Crippen molar-refractivity contribution in [2.75, 3.05) is 18.4 Å². The Morgan fingerprint density at radius 3 is 2.66 bits per heavy atom. The van der Waals surface area contributed by atoms with Gasteiger partial charge in [-0.2, -0.15) is 0 Å². The van der Waals surface area contributed by atoms with Crippen LogP contribution in [0.5, 0.6) is 0 Å². The number of pyridine rings is 1.